The van der Waals surface area contributed by atoms with Crippen molar-refractivity contribution >= 4 is 17.4 Å². The molecular formula is C17H24N4O2S. The number of aliphatic hydroxyl groups excluding tert-OH is 1. The van der Waals surface area contributed by atoms with Crippen molar-refractivity contribution in [3.8, 4) is 0 Å². The third-order valence-corrected chi connectivity index (χ3v) is 5.58. The van der Waals surface area contributed by atoms with Crippen LogP contribution in [0.2, 0.25) is 0 Å². The number of aryl methyl sites for hydroxylation is 1. The highest BCUT2D eigenvalue weighted by Crippen LogP contribution is 2.29. The molecule has 2 N–H and O–H groups in total. The predicted molar refractivity (Wildman–Crippen MR) is 94.0 cm³/mol. The number of thiophene rings is 1. The average Bonchev–Trinajstić information content (AvgIpc) is 3.15. The summed E-state index contributed by atoms with van der Waals surface area (Å²) in [4.78, 5) is 15.5. The van der Waals surface area contributed by atoms with Gasteiger partial charge in [0.25, 0.3) is 0 Å². The standard InChI is InChI=1S/C17H24N4O2S/c1-12-6-9-24-16(12)11-20(2)17(23)19-14-4-3-5-15-13(14)10-18-21(15)7-8-22/h6,9-10,14,22H,3-5,7-8,11H2,1-2H3,(H,19,23). The molecule has 7 heteroatoms. The molecule has 0 saturated carbocycles. The molecule has 0 bridgehead atoms. The molecule has 130 valence electrons. The zero-order valence-electron chi connectivity index (χ0n) is 14.2. The lowest BCUT2D eigenvalue weighted by atomic mass is 9.93. The Kier molecular flexibility index (Phi) is 5.20. The summed E-state index contributed by atoms with van der Waals surface area (Å²) in [5.41, 5.74) is 3.45. The predicted octanol–water partition coefficient (Wildman–Crippen LogP) is 2.46. The summed E-state index contributed by atoms with van der Waals surface area (Å²) in [6, 6.07) is 2.02. The van der Waals surface area contributed by atoms with E-state index in [1.807, 2.05) is 17.9 Å². The molecule has 1 aliphatic rings. The maximum absolute atomic E-state index is 12.5. The quantitative estimate of drug-likeness (QED) is 0.872. The van der Waals surface area contributed by atoms with Gasteiger partial charge in [-0.1, -0.05) is 0 Å². The minimum absolute atomic E-state index is 0.000533. The summed E-state index contributed by atoms with van der Waals surface area (Å²) in [7, 11) is 1.83. The maximum atomic E-state index is 12.5. The molecule has 0 spiro atoms. The summed E-state index contributed by atoms with van der Waals surface area (Å²) < 4.78 is 1.85. The zero-order valence-corrected chi connectivity index (χ0v) is 15.0. The number of aliphatic hydroxyl groups is 1. The summed E-state index contributed by atoms with van der Waals surface area (Å²) >= 11 is 1.68. The molecule has 3 rings (SSSR count). The Morgan fingerprint density at radius 3 is 3.12 bits per heavy atom. The summed E-state index contributed by atoms with van der Waals surface area (Å²) in [5.74, 6) is 0. The lowest BCUT2D eigenvalue weighted by Crippen LogP contribution is -2.40. The van der Waals surface area contributed by atoms with E-state index in [0.717, 1.165) is 30.5 Å². The number of carbonyl (C=O) groups is 1. The third-order valence-electron chi connectivity index (χ3n) is 4.57. The molecule has 2 aromatic rings. The molecule has 1 aliphatic carbocycles. The minimum Gasteiger partial charge on any atom is -0.394 e. The van der Waals surface area contributed by atoms with Crippen LogP contribution in [0.5, 0.6) is 0 Å². The van der Waals surface area contributed by atoms with E-state index in [1.165, 1.54) is 10.4 Å². The SMILES string of the molecule is Cc1ccsc1CN(C)C(=O)NC1CCCc2c1cnn2CCO. The molecule has 0 fully saturated rings. The molecule has 0 aromatic carbocycles. The first-order chi connectivity index (χ1) is 11.6. The first kappa shape index (κ1) is 17.0. The number of fused-ring (bicyclic) bond motifs is 1. The van der Waals surface area contributed by atoms with Crippen molar-refractivity contribution in [1.82, 2.24) is 20.0 Å². The topological polar surface area (TPSA) is 70.4 Å². The van der Waals surface area contributed by atoms with Gasteiger partial charge in [0.1, 0.15) is 0 Å². The molecular weight excluding hydrogens is 324 g/mol. The Hall–Kier alpha value is -1.86. The van der Waals surface area contributed by atoms with Gasteiger partial charge in [-0.3, -0.25) is 4.68 Å². The lowest BCUT2D eigenvalue weighted by molar-refractivity contribution is 0.201. The largest absolute Gasteiger partial charge is 0.394 e. The van der Waals surface area contributed by atoms with Crippen molar-refractivity contribution in [2.24, 2.45) is 0 Å². The minimum atomic E-state index is -0.0597. The van der Waals surface area contributed by atoms with E-state index in [1.54, 1.807) is 16.2 Å². The molecule has 2 heterocycles. The Balaban J connectivity index is 1.66. The number of rotatable bonds is 5. The molecule has 1 unspecified atom stereocenters. The van der Waals surface area contributed by atoms with Crippen LogP contribution >= 0.6 is 11.3 Å². The second-order valence-electron chi connectivity index (χ2n) is 6.27. The van der Waals surface area contributed by atoms with Gasteiger partial charge in [-0.15, -0.1) is 11.3 Å². The Bertz CT molecular complexity index is 709. The Morgan fingerprint density at radius 2 is 2.42 bits per heavy atom. The van der Waals surface area contributed by atoms with Crippen LogP contribution in [-0.2, 0) is 19.5 Å². The van der Waals surface area contributed by atoms with Gasteiger partial charge < -0.3 is 15.3 Å². The van der Waals surface area contributed by atoms with E-state index in [0.29, 0.717) is 13.1 Å². The van der Waals surface area contributed by atoms with E-state index in [9.17, 15) is 4.79 Å². The fourth-order valence-electron chi connectivity index (χ4n) is 3.17. The Labute approximate surface area is 146 Å². The molecule has 1 atom stereocenters. The maximum Gasteiger partial charge on any atom is 0.317 e. The number of nitrogens with one attached hydrogen (secondary N) is 1. The van der Waals surface area contributed by atoms with Crippen molar-refractivity contribution in [1.29, 1.82) is 0 Å². The fraction of sp³-hybridized carbons (Fsp3) is 0.529. The molecule has 0 radical (unpaired) electrons. The van der Waals surface area contributed by atoms with E-state index < -0.39 is 0 Å². The molecule has 24 heavy (non-hydrogen) atoms. The van der Waals surface area contributed by atoms with Crippen LogP contribution in [0, 0.1) is 6.92 Å². The van der Waals surface area contributed by atoms with Crippen LogP contribution in [0.15, 0.2) is 17.6 Å². The number of hydrogen-bond donors (Lipinski definition) is 2. The summed E-state index contributed by atoms with van der Waals surface area (Å²) in [6.45, 7) is 3.28. The Morgan fingerprint density at radius 1 is 1.58 bits per heavy atom. The van der Waals surface area contributed by atoms with Gasteiger partial charge in [-0.25, -0.2) is 4.79 Å². The zero-order chi connectivity index (χ0) is 17.1. The van der Waals surface area contributed by atoms with Gasteiger partial charge >= 0.3 is 6.03 Å². The number of aromatic nitrogens is 2. The fourth-order valence-corrected chi connectivity index (χ4v) is 4.13. The summed E-state index contributed by atoms with van der Waals surface area (Å²) in [6.07, 6.45) is 4.72. The van der Waals surface area contributed by atoms with Crippen LogP contribution in [0.3, 0.4) is 0 Å². The van der Waals surface area contributed by atoms with E-state index in [2.05, 4.69) is 28.8 Å². The van der Waals surface area contributed by atoms with Gasteiger partial charge in [0, 0.05) is 23.2 Å². The third kappa shape index (κ3) is 3.47. The lowest BCUT2D eigenvalue weighted by Gasteiger charge is -2.27. The second-order valence-corrected chi connectivity index (χ2v) is 7.27. The number of carbonyl (C=O) groups excluding carboxylic acids is 1. The highest BCUT2D eigenvalue weighted by atomic mass is 32.1. The van der Waals surface area contributed by atoms with Gasteiger partial charge in [0.05, 0.1) is 31.9 Å². The van der Waals surface area contributed by atoms with E-state index >= 15 is 0 Å². The molecule has 0 aliphatic heterocycles. The highest BCUT2D eigenvalue weighted by Gasteiger charge is 2.26. The molecule has 6 nitrogen and oxygen atoms in total. The number of nitrogens with zero attached hydrogens (tertiary/aromatic N) is 3. The van der Waals surface area contributed by atoms with Crippen LogP contribution in [0.25, 0.3) is 0 Å². The first-order valence-corrected chi connectivity index (χ1v) is 9.18. The first-order valence-electron chi connectivity index (χ1n) is 8.30. The van der Waals surface area contributed by atoms with Crippen molar-refractivity contribution in [2.75, 3.05) is 13.7 Å². The van der Waals surface area contributed by atoms with Gasteiger partial charge in [-0.05, 0) is 43.2 Å². The summed E-state index contributed by atoms with van der Waals surface area (Å²) in [5, 5.41) is 18.7. The van der Waals surface area contributed by atoms with Crippen molar-refractivity contribution < 1.29 is 9.90 Å². The normalized spacial score (nSPS) is 16.7. The molecule has 2 aromatic heterocycles. The number of urea groups is 1. The molecule has 0 saturated heterocycles. The van der Waals surface area contributed by atoms with E-state index in [4.69, 9.17) is 5.11 Å². The van der Waals surface area contributed by atoms with Gasteiger partial charge in [-0.2, -0.15) is 5.10 Å². The number of amides is 2. The van der Waals surface area contributed by atoms with Crippen molar-refractivity contribution in [3.05, 3.63) is 39.3 Å². The van der Waals surface area contributed by atoms with Crippen molar-refractivity contribution in [2.45, 2.75) is 45.3 Å². The van der Waals surface area contributed by atoms with Gasteiger partial charge in [0.15, 0.2) is 0 Å². The van der Waals surface area contributed by atoms with Crippen LogP contribution < -0.4 is 5.32 Å². The van der Waals surface area contributed by atoms with Crippen LogP contribution in [0.1, 0.15) is 40.6 Å². The smallest absolute Gasteiger partial charge is 0.317 e. The van der Waals surface area contributed by atoms with Crippen molar-refractivity contribution in [3.63, 3.8) is 0 Å². The van der Waals surface area contributed by atoms with E-state index in [-0.39, 0.29) is 18.7 Å². The highest BCUT2D eigenvalue weighted by molar-refractivity contribution is 7.10. The second kappa shape index (κ2) is 7.36. The number of hydrogen-bond acceptors (Lipinski definition) is 4. The van der Waals surface area contributed by atoms with Gasteiger partial charge in [0.2, 0.25) is 0 Å². The monoisotopic (exact) mass is 348 g/mol. The average molecular weight is 348 g/mol. The molecule has 2 amide bonds. The van der Waals surface area contributed by atoms with Crippen LogP contribution in [-0.4, -0.2) is 39.5 Å². The van der Waals surface area contributed by atoms with Crippen LogP contribution in [0.4, 0.5) is 4.79 Å².